The van der Waals surface area contributed by atoms with Crippen molar-refractivity contribution in [2.24, 2.45) is 0 Å². The van der Waals surface area contributed by atoms with E-state index < -0.39 is 0 Å². The zero-order valence-electron chi connectivity index (χ0n) is 10.7. The Morgan fingerprint density at radius 3 is 3.30 bits per heavy atom. The molecule has 1 fully saturated rings. The summed E-state index contributed by atoms with van der Waals surface area (Å²) >= 11 is 2.76. The van der Waals surface area contributed by atoms with Gasteiger partial charge in [0.2, 0.25) is 5.88 Å². The van der Waals surface area contributed by atoms with E-state index >= 15 is 0 Å². The van der Waals surface area contributed by atoms with Gasteiger partial charge in [0.1, 0.15) is 12.3 Å². The highest BCUT2D eigenvalue weighted by Crippen LogP contribution is 2.17. The van der Waals surface area contributed by atoms with Crippen LogP contribution in [0, 0.1) is 0 Å². The van der Waals surface area contributed by atoms with E-state index in [9.17, 15) is 4.79 Å². The zero-order valence-corrected chi connectivity index (χ0v) is 12.3. The summed E-state index contributed by atoms with van der Waals surface area (Å²) in [6.07, 6.45) is 2.43. The van der Waals surface area contributed by atoms with Gasteiger partial charge in [0.05, 0.1) is 24.8 Å². The van der Waals surface area contributed by atoms with Crippen LogP contribution in [-0.2, 0) is 6.54 Å². The lowest BCUT2D eigenvalue weighted by Gasteiger charge is -2.17. The zero-order chi connectivity index (χ0) is 13.8. The van der Waals surface area contributed by atoms with Crippen LogP contribution < -0.4 is 10.1 Å². The fourth-order valence-corrected chi connectivity index (χ4v) is 3.07. The highest BCUT2D eigenvalue weighted by Gasteiger charge is 2.27. The molecule has 2 aromatic heterocycles. The molecule has 1 aliphatic rings. The fraction of sp³-hybridized carbons (Fsp3) is 0.417. The molecular formula is C12H14N4O2S2. The molecule has 20 heavy (non-hydrogen) atoms. The van der Waals surface area contributed by atoms with E-state index in [0.29, 0.717) is 25.5 Å². The molecule has 0 spiro atoms. The Kier molecular flexibility index (Phi) is 4.12. The third-order valence-corrected chi connectivity index (χ3v) is 4.39. The molecule has 1 aliphatic heterocycles. The molecule has 106 valence electrons. The minimum absolute atomic E-state index is 0.00591. The summed E-state index contributed by atoms with van der Waals surface area (Å²) in [6.45, 7) is 1.88. The van der Waals surface area contributed by atoms with Crippen LogP contribution >= 0.6 is 23.1 Å². The second-order valence-electron chi connectivity index (χ2n) is 4.46. The number of amides is 2. The first kappa shape index (κ1) is 13.3. The Morgan fingerprint density at radius 2 is 2.55 bits per heavy atom. The number of nitrogens with one attached hydrogen (secondary N) is 1. The van der Waals surface area contributed by atoms with Gasteiger partial charge in [0, 0.05) is 17.8 Å². The van der Waals surface area contributed by atoms with Gasteiger partial charge in [-0.25, -0.2) is 4.79 Å². The number of ether oxygens (including phenoxy) is 1. The molecule has 0 unspecified atom stereocenters. The van der Waals surface area contributed by atoms with E-state index in [0.717, 1.165) is 23.0 Å². The maximum atomic E-state index is 12.0. The largest absolute Gasteiger partial charge is 0.471 e. The van der Waals surface area contributed by atoms with E-state index in [-0.39, 0.29) is 12.1 Å². The van der Waals surface area contributed by atoms with E-state index in [1.54, 1.807) is 22.4 Å². The average Bonchev–Trinajstić information content (AvgIpc) is 3.19. The number of carbonyl (C=O) groups is 1. The quantitative estimate of drug-likeness (QED) is 0.937. The monoisotopic (exact) mass is 310 g/mol. The van der Waals surface area contributed by atoms with Gasteiger partial charge in [-0.2, -0.15) is 4.37 Å². The lowest BCUT2D eigenvalue weighted by atomic mass is 10.3. The number of rotatable bonds is 4. The van der Waals surface area contributed by atoms with Crippen LogP contribution in [0.15, 0.2) is 23.7 Å². The Hall–Kier alpha value is -1.67. The second kappa shape index (κ2) is 6.19. The average molecular weight is 310 g/mol. The molecule has 0 aromatic carbocycles. The van der Waals surface area contributed by atoms with Gasteiger partial charge in [-0.15, -0.1) is 15.7 Å². The van der Waals surface area contributed by atoms with Crippen LogP contribution in [0.2, 0.25) is 0 Å². The van der Waals surface area contributed by atoms with E-state index in [2.05, 4.69) is 14.1 Å². The summed E-state index contributed by atoms with van der Waals surface area (Å²) in [5, 5.41) is 4.93. The summed E-state index contributed by atoms with van der Waals surface area (Å²) < 4.78 is 13.6. The Labute approximate surface area is 124 Å². The van der Waals surface area contributed by atoms with Gasteiger partial charge in [-0.1, -0.05) is 6.07 Å². The van der Waals surface area contributed by atoms with Crippen molar-refractivity contribution in [2.75, 3.05) is 13.1 Å². The lowest BCUT2D eigenvalue weighted by Crippen LogP contribution is -2.38. The lowest BCUT2D eigenvalue weighted by molar-refractivity contribution is 0.184. The smallest absolute Gasteiger partial charge is 0.317 e. The molecule has 0 bridgehead atoms. The van der Waals surface area contributed by atoms with Crippen molar-refractivity contribution in [3.05, 3.63) is 28.6 Å². The van der Waals surface area contributed by atoms with Crippen LogP contribution in [0.5, 0.6) is 5.88 Å². The SMILES string of the molecule is O=C(NCc1cccs1)N1CC[C@H](Oc2cnsn2)C1. The van der Waals surface area contributed by atoms with Crippen molar-refractivity contribution in [2.45, 2.75) is 19.1 Å². The fourth-order valence-electron chi connectivity index (χ4n) is 2.08. The first-order chi connectivity index (χ1) is 9.81. The number of urea groups is 1. The Morgan fingerprint density at radius 1 is 1.60 bits per heavy atom. The topological polar surface area (TPSA) is 67.4 Å². The molecule has 3 heterocycles. The predicted molar refractivity (Wildman–Crippen MR) is 77.1 cm³/mol. The molecule has 0 radical (unpaired) electrons. The van der Waals surface area contributed by atoms with Crippen molar-refractivity contribution in [3.8, 4) is 5.88 Å². The van der Waals surface area contributed by atoms with Crippen molar-refractivity contribution in [3.63, 3.8) is 0 Å². The number of thiophene rings is 1. The second-order valence-corrected chi connectivity index (χ2v) is 6.05. The maximum absolute atomic E-state index is 12.0. The van der Waals surface area contributed by atoms with Crippen LogP contribution in [0.3, 0.4) is 0 Å². The van der Waals surface area contributed by atoms with Crippen LogP contribution in [0.4, 0.5) is 4.79 Å². The standard InChI is InChI=1S/C12H14N4O2S2/c17-12(13-6-10-2-1-5-19-10)16-4-3-9(8-16)18-11-7-14-20-15-11/h1-2,5,7,9H,3-4,6,8H2,(H,13,17)/t9-/m0/s1. The number of hydrogen-bond donors (Lipinski definition) is 1. The minimum atomic E-state index is -0.0408. The number of aromatic nitrogens is 2. The van der Waals surface area contributed by atoms with Gasteiger partial charge in [0.25, 0.3) is 0 Å². The van der Waals surface area contributed by atoms with Crippen molar-refractivity contribution >= 4 is 29.1 Å². The third kappa shape index (κ3) is 3.26. The summed E-state index contributed by atoms with van der Waals surface area (Å²) in [7, 11) is 0. The molecular weight excluding hydrogens is 296 g/mol. The molecule has 1 atom stereocenters. The molecule has 1 saturated heterocycles. The molecule has 6 nitrogen and oxygen atoms in total. The third-order valence-electron chi connectivity index (χ3n) is 3.05. The molecule has 2 aromatic rings. The Bertz CT molecular complexity index is 544. The number of nitrogens with zero attached hydrogens (tertiary/aromatic N) is 3. The molecule has 2 amide bonds. The first-order valence-electron chi connectivity index (χ1n) is 6.30. The van der Waals surface area contributed by atoms with Crippen LogP contribution in [-0.4, -0.2) is 38.9 Å². The molecule has 3 rings (SSSR count). The van der Waals surface area contributed by atoms with Gasteiger partial charge in [-0.3, -0.25) is 0 Å². The van der Waals surface area contributed by atoms with Crippen LogP contribution in [0.1, 0.15) is 11.3 Å². The normalized spacial score (nSPS) is 18.2. The molecule has 8 heteroatoms. The predicted octanol–water partition coefficient (Wildman–Crippen LogP) is 1.96. The minimum Gasteiger partial charge on any atom is -0.471 e. The summed E-state index contributed by atoms with van der Waals surface area (Å²) in [4.78, 5) is 15.0. The van der Waals surface area contributed by atoms with Gasteiger partial charge in [0.15, 0.2) is 0 Å². The van der Waals surface area contributed by atoms with Crippen molar-refractivity contribution < 1.29 is 9.53 Å². The van der Waals surface area contributed by atoms with Gasteiger partial charge in [-0.05, 0) is 11.4 Å². The number of hydrogen-bond acceptors (Lipinski definition) is 6. The van der Waals surface area contributed by atoms with E-state index in [4.69, 9.17) is 4.74 Å². The summed E-state index contributed by atoms with van der Waals surface area (Å²) in [5.41, 5.74) is 0. The Balaban J connectivity index is 1.45. The van der Waals surface area contributed by atoms with Crippen molar-refractivity contribution in [1.29, 1.82) is 0 Å². The molecule has 0 saturated carbocycles. The highest BCUT2D eigenvalue weighted by atomic mass is 32.1. The highest BCUT2D eigenvalue weighted by molar-refractivity contribution is 7.09. The van der Waals surface area contributed by atoms with E-state index in [1.165, 1.54) is 0 Å². The molecule has 0 aliphatic carbocycles. The van der Waals surface area contributed by atoms with Crippen LogP contribution in [0.25, 0.3) is 0 Å². The first-order valence-corrected chi connectivity index (χ1v) is 7.91. The number of carbonyl (C=O) groups excluding carboxylic acids is 1. The van der Waals surface area contributed by atoms with Gasteiger partial charge >= 0.3 is 6.03 Å². The van der Waals surface area contributed by atoms with Crippen molar-refractivity contribution in [1.82, 2.24) is 19.0 Å². The summed E-state index contributed by atoms with van der Waals surface area (Å²) in [5.74, 6) is 0.542. The molecule has 1 N–H and O–H groups in total. The number of likely N-dealkylation sites (tertiary alicyclic amines) is 1. The van der Waals surface area contributed by atoms with Gasteiger partial charge < -0.3 is 15.0 Å². The maximum Gasteiger partial charge on any atom is 0.317 e. The summed E-state index contributed by atoms with van der Waals surface area (Å²) in [6, 6.07) is 3.95. The van der Waals surface area contributed by atoms with E-state index in [1.807, 2.05) is 17.5 Å².